The van der Waals surface area contributed by atoms with Crippen LogP contribution in [0, 0.1) is 6.92 Å². The van der Waals surface area contributed by atoms with E-state index in [9.17, 15) is 0 Å². The topological polar surface area (TPSA) is 26.0 Å². The number of fused-ring (bicyclic) bond motifs is 1. The van der Waals surface area contributed by atoms with Crippen LogP contribution in [0.5, 0.6) is 0 Å². The van der Waals surface area contributed by atoms with Crippen LogP contribution < -0.4 is 5.73 Å². The Balaban J connectivity index is 2.52. The van der Waals surface area contributed by atoms with Crippen molar-refractivity contribution in [1.29, 1.82) is 0 Å². The van der Waals surface area contributed by atoms with Gasteiger partial charge in [0.2, 0.25) is 0 Å². The van der Waals surface area contributed by atoms with Crippen LogP contribution in [0.4, 0.5) is 0 Å². The largest absolute Gasteiger partial charge is 0.324 e. The number of rotatable bonds is 0. The smallest absolute Gasteiger partial charge is 0.0300 e. The molecule has 0 unspecified atom stereocenters. The molecule has 0 bridgehead atoms. The van der Waals surface area contributed by atoms with E-state index in [1.165, 1.54) is 16.7 Å². The molecule has 0 heterocycles. The summed E-state index contributed by atoms with van der Waals surface area (Å²) in [7, 11) is 0. The highest BCUT2D eigenvalue weighted by molar-refractivity contribution is 5.37. The monoisotopic (exact) mass is 147 g/mol. The normalized spacial score (nSPS) is 21.8. The van der Waals surface area contributed by atoms with Crippen molar-refractivity contribution < 1.29 is 0 Å². The van der Waals surface area contributed by atoms with Gasteiger partial charge >= 0.3 is 0 Å². The van der Waals surface area contributed by atoms with E-state index in [1.807, 2.05) is 0 Å². The van der Waals surface area contributed by atoms with E-state index < -0.39 is 0 Å². The summed E-state index contributed by atoms with van der Waals surface area (Å²) in [4.78, 5) is 0. The van der Waals surface area contributed by atoms with Crippen molar-refractivity contribution in [3.05, 3.63) is 34.9 Å². The van der Waals surface area contributed by atoms with E-state index in [1.54, 1.807) is 0 Å². The molecule has 1 nitrogen and oxygen atoms in total. The Bertz CT molecular complexity index is 278. The minimum absolute atomic E-state index is 0.296. The van der Waals surface area contributed by atoms with Crippen molar-refractivity contribution in [3.63, 3.8) is 0 Å². The van der Waals surface area contributed by atoms with Crippen molar-refractivity contribution in [3.8, 4) is 0 Å². The first kappa shape index (κ1) is 6.86. The van der Waals surface area contributed by atoms with Gasteiger partial charge in [0.05, 0.1) is 0 Å². The Labute approximate surface area is 67.2 Å². The SMILES string of the molecule is Cc1ccc2c(c1)[C@@H](N)CC2. The van der Waals surface area contributed by atoms with Gasteiger partial charge in [0.25, 0.3) is 0 Å². The Kier molecular flexibility index (Phi) is 1.46. The minimum atomic E-state index is 0.296. The summed E-state index contributed by atoms with van der Waals surface area (Å²) in [5, 5.41) is 0. The second-order valence-corrected chi connectivity index (χ2v) is 3.35. The van der Waals surface area contributed by atoms with Crippen LogP contribution in [0.3, 0.4) is 0 Å². The second kappa shape index (κ2) is 2.35. The fourth-order valence-corrected chi connectivity index (χ4v) is 1.75. The lowest BCUT2D eigenvalue weighted by molar-refractivity contribution is 0.713. The van der Waals surface area contributed by atoms with Crippen LogP contribution in [-0.2, 0) is 6.42 Å². The highest BCUT2D eigenvalue weighted by Crippen LogP contribution is 2.29. The Morgan fingerprint density at radius 3 is 3.09 bits per heavy atom. The van der Waals surface area contributed by atoms with Crippen molar-refractivity contribution in [2.45, 2.75) is 25.8 Å². The van der Waals surface area contributed by atoms with Gasteiger partial charge in [-0.15, -0.1) is 0 Å². The summed E-state index contributed by atoms with van der Waals surface area (Å²) < 4.78 is 0. The van der Waals surface area contributed by atoms with Crippen LogP contribution in [0.2, 0.25) is 0 Å². The first-order valence-corrected chi connectivity index (χ1v) is 4.12. The molecule has 0 amide bonds. The lowest BCUT2D eigenvalue weighted by atomic mass is 10.1. The average molecular weight is 147 g/mol. The molecule has 0 aromatic heterocycles. The summed E-state index contributed by atoms with van der Waals surface area (Å²) >= 11 is 0. The molecule has 0 saturated heterocycles. The standard InChI is InChI=1S/C10H13N/c1-7-2-3-8-4-5-10(11)9(8)6-7/h2-3,6,10H,4-5,11H2,1H3/t10-/m0/s1. The van der Waals surface area contributed by atoms with E-state index >= 15 is 0 Å². The molecule has 11 heavy (non-hydrogen) atoms. The Morgan fingerprint density at radius 1 is 1.45 bits per heavy atom. The molecule has 2 rings (SSSR count). The molecule has 0 spiro atoms. The van der Waals surface area contributed by atoms with Crippen LogP contribution in [-0.4, -0.2) is 0 Å². The molecule has 1 aromatic rings. The fraction of sp³-hybridized carbons (Fsp3) is 0.400. The highest BCUT2D eigenvalue weighted by Gasteiger charge is 2.17. The Morgan fingerprint density at radius 2 is 2.27 bits per heavy atom. The lowest BCUT2D eigenvalue weighted by Crippen LogP contribution is -2.05. The third-order valence-corrected chi connectivity index (χ3v) is 2.43. The maximum Gasteiger partial charge on any atom is 0.0300 e. The van der Waals surface area contributed by atoms with E-state index in [0.717, 1.165) is 12.8 Å². The molecule has 0 saturated carbocycles. The maximum absolute atomic E-state index is 5.92. The number of aryl methyl sites for hydroxylation is 2. The quantitative estimate of drug-likeness (QED) is 0.596. The van der Waals surface area contributed by atoms with Crippen molar-refractivity contribution in [2.75, 3.05) is 0 Å². The molecule has 1 aliphatic rings. The van der Waals surface area contributed by atoms with Gasteiger partial charge in [-0.3, -0.25) is 0 Å². The zero-order valence-electron chi connectivity index (χ0n) is 6.80. The summed E-state index contributed by atoms with van der Waals surface area (Å²) in [6.07, 6.45) is 2.29. The molecule has 0 fully saturated rings. The van der Waals surface area contributed by atoms with Gasteiger partial charge in [-0.05, 0) is 30.9 Å². The molecule has 1 aliphatic carbocycles. The van der Waals surface area contributed by atoms with E-state index in [-0.39, 0.29) is 0 Å². The number of hydrogen-bond donors (Lipinski definition) is 1. The first-order chi connectivity index (χ1) is 5.27. The van der Waals surface area contributed by atoms with Crippen LogP contribution >= 0.6 is 0 Å². The summed E-state index contributed by atoms with van der Waals surface area (Å²) in [6, 6.07) is 6.88. The molecule has 58 valence electrons. The fourth-order valence-electron chi connectivity index (χ4n) is 1.75. The van der Waals surface area contributed by atoms with Crippen LogP contribution in [0.15, 0.2) is 18.2 Å². The maximum atomic E-state index is 5.92. The lowest BCUT2D eigenvalue weighted by Gasteiger charge is -2.04. The summed E-state index contributed by atoms with van der Waals surface area (Å²) in [6.45, 7) is 2.12. The second-order valence-electron chi connectivity index (χ2n) is 3.35. The molecule has 0 aliphatic heterocycles. The van der Waals surface area contributed by atoms with Crippen molar-refractivity contribution >= 4 is 0 Å². The van der Waals surface area contributed by atoms with Crippen molar-refractivity contribution in [2.24, 2.45) is 5.73 Å². The molecule has 1 atom stereocenters. The van der Waals surface area contributed by atoms with Gasteiger partial charge in [-0.2, -0.15) is 0 Å². The molecule has 1 aromatic carbocycles. The molecule has 2 N–H and O–H groups in total. The third-order valence-electron chi connectivity index (χ3n) is 2.43. The van der Waals surface area contributed by atoms with E-state index in [2.05, 4.69) is 25.1 Å². The summed E-state index contributed by atoms with van der Waals surface area (Å²) in [5.41, 5.74) is 10.0. The van der Waals surface area contributed by atoms with Crippen LogP contribution in [0.25, 0.3) is 0 Å². The zero-order chi connectivity index (χ0) is 7.84. The van der Waals surface area contributed by atoms with Gasteiger partial charge in [-0.25, -0.2) is 0 Å². The molecule has 1 heteroatoms. The van der Waals surface area contributed by atoms with Gasteiger partial charge in [0.15, 0.2) is 0 Å². The minimum Gasteiger partial charge on any atom is -0.324 e. The van der Waals surface area contributed by atoms with Gasteiger partial charge in [0, 0.05) is 6.04 Å². The Hall–Kier alpha value is -0.820. The van der Waals surface area contributed by atoms with Gasteiger partial charge in [0.1, 0.15) is 0 Å². The molecule has 0 radical (unpaired) electrons. The van der Waals surface area contributed by atoms with E-state index in [4.69, 9.17) is 5.73 Å². The highest BCUT2D eigenvalue weighted by atomic mass is 14.6. The number of hydrogen-bond acceptors (Lipinski definition) is 1. The predicted octanol–water partition coefficient (Wildman–Crippen LogP) is 1.94. The number of nitrogens with two attached hydrogens (primary N) is 1. The van der Waals surface area contributed by atoms with Crippen molar-refractivity contribution in [1.82, 2.24) is 0 Å². The first-order valence-electron chi connectivity index (χ1n) is 4.12. The zero-order valence-corrected chi connectivity index (χ0v) is 6.80. The number of benzene rings is 1. The van der Waals surface area contributed by atoms with Crippen LogP contribution in [0.1, 0.15) is 29.2 Å². The molecular weight excluding hydrogens is 134 g/mol. The van der Waals surface area contributed by atoms with Gasteiger partial charge < -0.3 is 5.73 Å². The predicted molar refractivity (Wildman–Crippen MR) is 46.4 cm³/mol. The average Bonchev–Trinajstić information content (AvgIpc) is 2.33. The van der Waals surface area contributed by atoms with E-state index in [0.29, 0.717) is 6.04 Å². The third kappa shape index (κ3) is 1.05. The summed E-state index contributed by atoms with van der Waals surface area (Å²) in [5.74, 6) is 0. The molecular formula is C10H13N. The van der Waals surface area contributed by atoms with Gasteiger partial charge in [-0.1, -0.05) is 23.8 Å².